The normalized spacial score (nSPS) is 27.6. The predicted molar refractivity (Wildman–Crippen MR) is 156 cm³/mol. The molecule has 4 aliphatic rings. The third-order valence-electron chi connectivity index (χ3n) is 10.1. The molecule has 10 nitrogen and oxygen atoms in total. The summed E-state index contributed by atoms with van der Waals surface area (Å²) >= 11 is 0. The molecule has 0 radical (unpaired) electrons. The molecule has 0 bridgehead atoms. The number of nitrogen functional groups attached to an aromatic ring is 1. The molecular weight excluding hydrogens is 523 g/mol. The molecule has 3 saturated heterocycles. The van der Waals surface area contributed by atoms with Gasteiger partial charge in [0.1, 0.15) is 5.56 Å². The van der Waals surface area contributed by atoms with Gasteiger partial charge in [0.2, 0.25) is 0 Å². The number of hydrogen-bond donors (Lipinski definition) is 3. The number of nitrogens with zero attached hydrogens (tertiary/aromatic N) is 5. The molecule has 0 aromatic carbocycles. The smallest absolute Gasteiger partial charge is 0.259 e. The maximum Gasteiger partial charge on any atom is 0.259 e. The number of piperidine rings is 1. The highest BCUT2D eigenvalue weighted by atomic mass is 19.1. The summed E-state index contributed by atoms with van der Waals surface area (Å²) in [7, 11) is 0. The van der Waals surface area contributed by atoms with Crippen molar-refractivity contribution in [2.24, 2.45) is 0 Å². The van der Waals surface area contributed by atoms with Crippen molar-refractivity contribution < 1.29 is 13.9 Å². The Morgan fingerprint density at radius 1 is 1.00 bits per heavy atom. The van der Waals surface area contributed by atoms with E-state index in [1.165, 1.54) is 42.8 Å². The van der Waals surface area contributed by atoms with Gasteiger partial charge in [-0.3, -0.25) is 14.6 Å². The van der Waals surface area contributed by atoms with Crippen molar-refractivity contribution in [1.29, 1.82) is 0 Å². The molecule has 2 unspecified atom stereocenters. The molecule has 2 aromatic heterocycles. The Kier molecular flexibility index (Phi) is 9.04. The van der Waals surface area contributed by atoms with Crippen LogP contribution in [0.3, 0.4) is 0 Å². The van der Waals surface area contributed by atoms with Gasteiger partial charge < -0.3 is 21.1 Å². The summed E-state index contributed by atoms with van der Waals surface area (Å²) in [6.07, 6.45) is 16.3. The zero-order valence-corrected chi connectivity index (χ0v) is 24.3. The number of carbonyl (C=O) groups excluding carboxylic acids is 1. The van der Waals surface area contributed by atoms with Crippen LogP contribution in [-0.2, 0) is 4.74 Å². The second-order valence-electron chi connectivity index (χ2n) is 12.6. The third-order valence-corrected chi connectivity index (χ3v) is 10.1. The monoisotopic (exact) mass is 570 g/mol. The van der Waals surface area contributed by atoms with Crippen molar-refractivity contribution in [3.8, 4) is 0 Å². The number of nitrogens with one attached hydrogen (secondary N) is 2. The molecule has 1 spiro atoms. The summed E-state index contributed by atoms with van der Waals surface area (Å²) in [5.74, 6) is -0.720. The van der Waals surface area contributed by atoms with Gasteiger partial charge in [-0.25, -0.2) is 13.9 Å². The first-order valence-corrected chi connectivity index (χ1v) is 16.0. The molecule has 226 valence electrons. The van der Waals surface area contributed by atoms with Crippen molar-refractivity contribution in [2.45, 2.75) is 101 Å². The van der Waals surface area contributed by atoms with E-state index in [-0.39, 0.29) is 40.6 Å². The van der Waals surface area contributed by atoms with Crippen LogP contribution in [0.5, 0.6) is 0 Å². The number of amides is 1. The van der Waals surface area contributed by atoms with Crippen LogP contribution in [0.15, 0.2) is 12.4 Å². The summed E-state index contributed by atoms with van der Waals surface area (Å²) < 4.78 is 20.7. The number of halogens is 1. The molecule has 1 saturated carbocycles. The van der Waals surface area contributed by atoms with Gasteiger partial charge in [-0.05, 0) is 38.6 Å². The molecule has 5 heterocycles. The standard InChI is InChI=1S/C30H47FN8O2/c31-22-20-33-28-25(27(32)36-39(28)21-22)29(40)35-26-24(38-16-14-37(15-17-38)23-9-18-41-19-10-23)8-13-34-30(26)11-6-4-2-1-3-5-7-12-30/h20-21,23-24,26,34H,1-19H2,(H2,32,36)(H,35,40). The third kappa shape index (κ3) is 6.23. The van der Waals surface area contributed by atoms with E-state index in [1.54, 1.807) is 0 Å². The number of anilines is 1. The highest BCUT2D eigenvalue weighted by molar-refractivity contribution is 6.04. The lowest BCUT2D eigenvalue weighted by atomic mass is 9.72. The number of ether oxygens (including phenoxy) is 1. The topological polar surface area (TPSA) is 113 Å². The van der Waals surface area contributed by atoms with E-state index in [9.17, 15) is 9.18 Å². The van der Waals surface area contributed by atoms with E-state index >= 15 is 0 Å². The maximum absolute atomic E-state index is 14.0. The molecule has 2 aromatic rings. The minimum Gasteiger partial charge on any atom is -0.381 e. The average Bonchev–Trinajstić information content (AvgIpc) is 3.32. The van der Waals surface area contributed by atoms with Crippen LogP contribution in [0.4, 0.5) is 10.2 Å². The van der Waals surface area contributed by atoms with E-state index in [0.717, 1.165) is 97.1 Å². The van der Waals surface area contributed by atoms with Crippen molar-refractivity contribution in [2.75, 3.05) is 51.7 Å². The summed E-state index contributed by atoms with van der Waals surface area (Å²) in [4.78, 5) is 23.5. The average molecular weight is 571 g/mol. The Hall–Kier alpha value is -2.34. The van der Waals surface area contributed by atoms with Gasteiger partial charge in [0.05, 0.1) is 18.4 Å². The number of fused-ring (bicyclic) bond motifs is 1. The van der Waals surface area contributed by atoms with Gasteiger partial charge >= 0.3 is 0 Å². The first-order valence-electron chi connectivity index (χ1n) is 16.0. The second-order valence-corrected chi connectivity index (χ2v) is 12.6. The quantitative estimate of drug-likeness (QED) is 0.515. The summed E-state index contributed by atoms with van der Waals surface area (Å²) in [6.45, 7) is 6.80. The molecule has 41 heavy (non-hydrogen) atoms. The molecule has 11 heteroatoms. The zero-order valence-electron chi connectivity index (χ0n) is 24.3. The lowest BCUT2D eigenvalue weighted by Gasteiger charge is -2.54. The number of aromatic nitrogens is 3. The van der Waals surface area contributed by atoms with Crippen molar-refractivity contribution >= 4 is 17.4 Å². The van der Waals surface area contributed by atoms with Crippen molar-refractivity contribution in [3.05, 3.63) is 23.8 Å². The molecule has 1 aliphatic carbocycles. The highest BCUT2D eigenvalue weighted by Crippen LogP contribution is 2.36. The van der Waals surface area contributed by atoms with Gasteiger partial charge in [0.15, 0.2) is 17.3 Å². The lowest BCUT2D eigenvalue weighted by Crippen LogP contribution is -2.73. The van der Waals surface area contributed by atoms with Gasteiger partial charge in [-0.15, -0.1) is 5.10 Å². The minimum atomic E-state index is -0.524. The van der Waals surface area contributed by atoms with Crippen LogP contribution >= 0.6 is 0 Å². The summed E-state index contributed by atoms with van der Waals surface area (Å²) in [5.41, 5.74) is 6.57. The lowest BCUT2D eigenvalue weighted by molar-refractivity contribution is -0.0131. The van der Waals surface area contributed by atoms with Crippen LogP contribution in [0.1, 0.15) is 87.4 Å². The van der Waals surface area contributed by atoms with E-state index in [4.69, 9.17) is 10.5 Å². The Balaban J connectivity index is 1.27. The first-order chi connectivity index (χ1) is 20.0. The van der Waals surface area contributed by atoms with E-state index < -0.39 is 5.82 Å². The van der Waals surface area contributed by atoms with Gasteiger partial charge in [-0.2, -0.15) is 0 Å². The van der Waals surface area contributed by atoms with Crippen LogP contribution in [-0.4, -0.2) is 99.9 Å². The van der Waals surface area contributed by atoms with Crippen molar-refractivity contribution in [3.63, 3.8) is 0 Å². The molecule has 3 aliphatic heterocycles. The van der Waals surface area contributed by atoms with Crippen LogP contribution < -0.4 is 16.4 Å². The van der Waals surface area contributed by atoms with E-state index in [2.05, 4.69) is 30.5 Å². The Morgan fingerprint density at radius 3 is 2.37 bits per heavy atom. The van der Waals surface area contributed by atoms with Gasteiger partial charge in [0, 0.05) is 57.0 Å². The fourth-order valence-corrected chi connectivity index (χ4v) is 7.96. The zero-order chi connectivity index (χ0) is 28.2. The molecule has 1 amide bonds. The van der Waals surface area contributed by atoms with E-state index in [0.29, 0.717) is 6.04 Å². The highest BCUT2D eigenvalue weighted by Gasteiger charge is 2.48. The van der Waals surface area contributed by atoms with Gasteiger partial charge in [0.25, 0.3) is 5.91 Å². The number of rotatable bonds is 4. The Bertz CT molecular complexity index is 1170. The number of carbonyl (C=O) groups is 1. The molecule has 2 atom stereocenters. The maximum atomic E-state index is 14.0. The van der Waals surface area contributed by atoms with Crippen LogP contribution in [0.2, 0.25) is 0 Å². The predicted octanol–water partition coefficient (Wildman–Crippen LogP) is 2.97. The fourth-order valence-electron chi connectivity index (χ4n) is 7.96. The van der Waals surface area contributed by atoms with E-state index in [1.807, 2.05) is 0 Å². The molecule has 4 N–H and O–H groups in total. The molecule has 6 rings (SSSR count). The number of nitrogens with two attached hydrogens (primary N) is 1. The minimum absolute atomic E-state index is 0.0750. The number of piperazine rings is 1. The summed E-state index contributed by atoms with van der Waals surface area (Å²) in [5, 5.41) is 11.6. The van der Waals surface area contributed by atoms with Crippen LogP contribution in [0, 0.1) is 5.82 Å². The Morgan fingerprint density at radius 2 is 1.66 bits per heavy atom. The second kappa shape index (κ2) is 12.9. The Labute approximate surface area is 242 Å². The fraction of sp³-hybridized carbons (Fsp3) is 0.767. The number of hydrogen-bond acceptors (Lipinski definition) is 8. The largest absolute Gasteiger partial charge is 0.381 e. The van der Waals surface area contributed by atoms with Gasteiger partial charge in [-0.1, -0.05) is 44.9 Å². The first kappa shape index (κ1) is 28.8. The van der Waals surface area contributed by atoms with Crippen molar-refractivity contribution in [1.82, 2.24) is 35.0 Å². The summed E-state index contributed by atoms with van der Waals surface area (Å²) in [6, 6.07) is 0.774. The van der Waals surface area contributed by atoms with Crippen LogP contribution in [0.25, 0.3) is 5.65 Å². The molecular formula is C30H47FN8O2. The SMILES string of the molecule is Nc1nn2cc(F)cnc2c1C(=O)NC1C(N2CCN(C3CCOCC3)CC2)CCNC12CCCCCCCCC2. The molecule has 4 fully saturated rings.